The number of aryl methyl sites for hydroxylation is 1. The Hall–Kier alpha value is -3.61. The van der Waals surface area contributed by atoms with Crippen LogP contribution in [0.4, 0.5) is 5.69 Å². The summed E-state index contributed by atoms with van der Waals surface area (Å²) in [7, 11) is 0. The second-order valence-electron chi connectivity index (χ2n) is 7.68. The molecule has 0 saturated heterocycles. The second kappa shape index (κ2) is 8.06. The van der Waals surface area contributed by atoms with Crippen LogP contribution >= 0.6 is 23.2 Å². The van der Waals surface area contributed by atoms with Crippen LogP contribution < -0.4 is 4.90 Å². The van der Waals surface area contributed by atoms with E-state index in [4.69, 9.17) is 27.6 Å². The molecule has 0 fully saturated rings. The maximum Gasteiger partial charge on any atom is 0.294 e. The molecule has 1 N–H and O–H groups in total. The number of carbonyl (C=O) groups excluding carboxylic acids is 2. The average Bonchev–Trinajstić information content (AvgIpc) is 3.33. The molecule has 8 heteroatoms. The van der Waals surface area contributed by atoms with Crippen molar-refractivity contribution in [1.29, 1.82) is 0 Å². The highest BCUT2D eigenvalue weighted by Gasteiger charge is 2.45. The number of aliphatic hydroxyl groups is 1. The fourth-order valence-electron chi connectivity index (χ4n) is 4.09. The van der Waals surface area contributed by atoms with Gasteiger partial charge in [0.25, 0.3) is 5.91 Å². The van der Waals surface area contributed by atoms with Crippen molar-refractivity contribution in [2.45, 2.75) is 13.0 Å². The van der Waals surface area contributed by atoms with Crippen LogP contribution in [-0.2, 0) is 4.79 Å². The van der Waals surface area contributed by atoms with E-state index in [1.165, 1.54) is 4.90 Å². The molecule has 1 atom stereocenters. The normalized spacial score (nSPS) is 16.2. The van der Waals surface area contributed by atoms with Gasteiger partial charge < -0.3 is 9.52 Å². The Morgan fingerprint density at radius 3 is 2.58 bits per heavy atom. The number of amides is 1. The van der Waals surface area contributed by atoms with Crippen molar-refractivity contribution in [2.24, 2.45) is 0 Å². The summed E-state index contributed by atoms with van der Waals surface area (Å²) in [4.78, 5) is 32.4. The van der Waals surface area contributed by atoms with Gasteiger partial charge in [-0.1, -0.05) is 29.3 Å². The Kier molecular flexibility index (Phi) is 5.19. The van der Waals surface area contributed by atoms with Crippen molar-refractivity contribution in [2.75, 3.05) is 4.90 Å². The number of halogens is 2. The minimum atomic E-state index is -0.907. The average molecular weight is 479 g/mol. The van der Waals surface area contributed by atoms with Crippen LogP contribution in [0.25, 0.3) is 11.0 Å². The molecule has 5 rings (SSSR count). The van der Waals surface area contributed by atoms with Crippen LogP contribution in [-0.4, -0.2) is 21.8 Å². The monoisotopic (exact) mass is 478 g/mol. The zero-order valence-electron chi connectivity index (χ0n) is 17.3. The third-order valence-corrected chi connectivity index (χ3v) is 6.04. The lowest BCUT2D eigenvalue weighted by molar-refractivity contribution is -0.117. The minimum absolute atomic E-state index is 0.00909. The standard InChI is InChI=1S/C25H16Cl2N2O4/c1-13-9-16(26)4-6-18(13)29-22(14-3-2-8-28-12-14)21(24(31)25(29)32)23(30)20-11-15-10-17(27)5-7-19(15)33-20/h2-12,22,31H,1H3. The van der Waals surface area contributed by atoms with Crippen LogP contribution in [0.3, 0.4) is 0 Å². The third kappa shape index (κ3) is 3.57. The Morgan fingerprint density at radius 2 is 1.85 bits per heavy atom. The van der Waals surface area contributed by atoms with Gasteiger partial charge in [0.2, 0.25) is 5.78 Å². The Morgan fingerprint density at radius 1 is 1.09 bits per heavy atom. The van der Waals surface area contributed by atoms with Gasteiger partial charge in [0.1, 0.15) is 5.58 Å². The van der Waals surface area contributed by atoms with E-state index in [0.29, 0.717) is 37.8 Å². The highest BCUT2D eigenvalue weighted by Crippen LogP contribution is 2.43. The number of carbonyl (C=O) groups is 2. The summed E-state index contributed by atoms with van der Waals surface area (Å²) < 4.78 is 5.73. The fourth-order valence-corrected chi connectivity index (χ4v) is 4.49. The SMILES string of the molecule is Cc1cc(Cl)ccc1N1C(=O)C(O)=C(C(=O)c2cc3cc(Cl)ccc3o2)C1c1cccnc1. The number of Topliss-reactive ketones (excluding diaryl/α,β-unsaturated/α-hetero) is 1. The topological polar surface area (TPSA) is 83.6 Å². The molecule has 3 heterocycles. The molecule has 6 nitrogen and oxygen atoms in total. The molecule has 1 amide bonds. The minimum Gasteiger partial charge on any atom is -0.503 e. The van der Waals surface area contributed by atoms with Gasteiger partial charge in [-0.05, 0) is 66.6 Å². The first kappa shape index (κ1) is 21.2. The lowest BCUT2D eigenvalue weighted by Crippen LogP contribution is -2.31. The number of fused-ring (bicyclic) bond motifs is 1. The molecule has 1 unspecified atom stereocenters. The summed E-state index contributed by atoms with van der Waals surface area (Å²) in [6.07, 6.45) is 3.15. The molecule has 33 heavy (non-hydrogen) atoms. The van der Waals surface area contributed by atoms with E-state index in [2.05, 4.69) is 4.98 Å². The van der Waals surface area contributed by atoms with E-state index in [9.17, 15) is 14.7 Å². The van der Waals surface area contributed by atoms with Crippen molar-refractivity contribution < 1.29 is 19.1 Å². The quantitative estimate of drug-likeness (QED) is 0.351. The molecule has 0 radical (unpaired) electrons. The highest BCUT2D eigenvalue weighted by molar-refractivity contribution is 6.31. The second-order valence-corrected chi connectivity index (χ2v) is 8.55. The molecule has 4 aromatic rings. The van der Waals surface area contributed by atoms with Gasteiger partial charge in [0, 0.05) is 33.5 Å². The maximum atomic E-state index is 13.6. The van der Waals surface area contributed by atoms with Crippen molar-refractivity contribution in [1.82, 2.24) is 4.98 Å². The zero-order chi connectivity index (χ0) is 23.3. The Bertz CT molecular complexity index is 1460. The fraction of sp³-hybridized carbons (Fsp3) is 0.0800. The van der Waals surface area contributed by atoms with Crippen molar-refractivity contribution in [3.05, 3.63) is 105 Å². The summed E-state index contributed by atoms with van der Waals surface area (Å²) in [5, 5.41) is 12.5. The molecular weight excluding hydrogens is 463 g/mol. The number of hydrogen-bond donors (Lipinski definition) is 1. The third-order valence-electron chi connectivity index (χ3n) is 5.57. The van der Waals surface area contributed by atoms with E-state index in [0.717, 1.165) is 0 Å². The summed E-state index contributed by atoms with van der Waals surface area (Å²) in [6.45, 7) is 1.80. The number of anilines is 1. The van der Waals surface area contributed by atoms with E-state index in [1.54, 1.807) is 73.9 Å². The lowest BCUT2D eigenvalue weighted by atomic mass is 9.95. The van der Waals surface area contributed by atoms with E-state index in [1.807, 2.05) is 0 Å². The molecule has 164 valence electrons. The molecule has 0 bridgehead atoms. The number of ketones is 1. The van der Waals surface area contributed by atoms with Gasteiger partial charge in [-0.25, -0.2) is 0 Å². The Balaban J connectivity index is 1.67. The molecule has 0 saturated carbocycles. The van der Waals surface area contributed by atoms with Crippen molar-refractivity contribution in [3.8, 4) is 0 Å². The number of pyridine rings is 1. The molecule has 0 spiro atoms. The first-order valence-corrected chi connectivity index (χ1v) is 10.8. The van der Waals surface area contributed by atoms with Crippen molar-refractivity contribution in [3.63, 3.8) is 0 Å². The van der Waals surface area contributed by atoms with E-state index >= 15 is 0 Å². The van der Waals surface area contributed by atoms with Crippen LogP contribution in [0.5, 0.6) is 0 Å². The summed E-state index contributed by atoms with van der Waals surface area (Å²) in [5.74, 6) is -1.94. The molecule has 2 aromatic carbocycles. The summed E-state index contributed by atoms with van der Waals surface area (Å²) >= 11 is 12.2. The van der Waals surface area contributed by atoms with Crippen LogP contribution in [0.15, 0.2) is 82.7 Å². The summed E-state index contributed by atoms with van der Waals surface area (Å²) in [5.41, 5.74) is 2.17. The van der Waals surface area contributed by atoms with E-state index in [-0.39, 0.29) is 11.3 Å². The highest BCUT2D eigenvalue weighted by atomic mass is 35.5. The van der Waals surface area contributed by atoms with Gasteiger partial charge in [-0.15, -0.1) is 0 Å². The van der Waals surface area contributed by atoms with Gasteiger partial charge in [-0.2, -0.15) is 0 Å². The van der Waals surface area contributed by atoms with Crippen LogP contribution in [0, 0.1) is 6.92 Å². The van der Waals surface area contributed by atoms with Gasteiger partial charge in [0.05, 0.1) is 11.6 Å². The molecule has 1 aliphatic rings. The molecule has 2 aromatic heterocycles. The lowest BCUT2D eigenvalue weighted by Gasteiger charge is -2.27. The van der Waals surface area contributed by atoms with Crippen LogP contribution in [0.2, 0.25) is 10.0 Å². The number of nitrogens with zero attached hydrogens (tertiary/aromatic N) is 2. The first-order valence-electron chi connectivity index (χ1n) is 10.0. The first-order chi connectivity index (χ1) is 15.8. The number of benzene rings is 2. The number of rotatable bonds is 4. The maximum absolute atomic E-state index is 13.6. The van der Waals surface area contributed by atoms with Gasteiger partial charge in [0.15, 0.2) is 11.5 Å². The number of aromatic nitrogens is 1. The Labute approximate surface area is 198 Å². The molecule has 1 aliphatic heterocycles. The zero-order valence-corrected chi connectivity index (χ0v) is 18.8. The number of furan rings is 1. The predicted octanol–water partition coefficient (Wildman–Crippen LogP) is 6.23. The van der Waals surface area contributed by atoms with Gasteiger partial charge >= 0.3 is 0 Å². The van der Waals surface area contributed by atoms with Gasteiger partial charge in [-0.3, -0.25) is 19.5 Å². The number of hydrogen-bond acceptors (Lipinski definition) is 5. The molecular formula is C25H16Cl2N2O4. The molecule has 0 aliphatic carbocycles. The smallest absolute Gasteiger partial charge is 0.294 e. The largest absolute Gasteiger partial charge is 0.503 e. The predicted molar refractivity (Wildman–Crippen MR) is 126 cm³/mol. The van der Waals surface area contributed by atoms with Crippen LogP contribution in [0.1, 0.15) is 27.7 Å². The van der Waals surface area contributed by atoms with Crippen molar-refractivity contribution >= 4 is 51.5 Å². The van der Waals surface area contributed by atoms with E-state index < -0.39 is 23.5 Å². The number of aliphatic hydroxyl groups excluding tert-OH is 1. The summed E-state index contributed by atoms with van der Waals surface area (Å²) in [6, 6.07) is 14.1.